The molecule has 0 amide bonds. The third-order valence-corrected chi connectivity index (χ3v) is 4.99. The Hall–Kier alpha value is -3.45. The van der Waals surface area contributed by atoms with Gasteiger partial charge in [-0.1, -0.05) is 29.5 Å². The maximum Gasteiger partial charge on any atom is 0.272 e. The molecule has 9 nitrogen and oxygen atoms in total. The summed E-state index contributed by atoms with van der Waals surface area (Å²) in [4.78, 5) is 16.6. The minimum absolute atomic E-state index is 0.272. The van der Waals surface area contributed by atoms with Crippen LogP contribution in [0.1, 0.15) is 22.4 Å². The number of aryl methyl sites for hydroxylation is 2. The van der Waals surface area contributed by atoms with Crippen molar-refractivity contribution < 1.29 is 0 Å². The van der Waals surface area contributed by atoms with Gasteiger partial charge in [0.05, 0.1) is 11.4 Å². The Morgan fingerprint density at radius 1 is 1.30 bits per heavy atom. The first-order valence-electron chi connectivity index (χ1n) is 8.06. The van der Waals surface area contributed by atoms with Crippen LogP contribution >= 0.6 is 11.8 Å². The molecule has 0 aliphatic rings. The molecule has 1 aromatic carbocycles. The first-order valence-corrected chi connectivity index (χ1v) is 9.04. The van der Waals surface area contributed by atoms with Crippen LogP contribution in [0.2, 0.25) is 0 Å². The summed E-state index contributed by atoms with van der Waals surface area (Å²) in [6.07, 6.45) is 1.46. The van der Waals surface area contributed by atoms with E-state index in [9.17, 15) is 4.79 Å². The number of rotatable bonds is 4. The lowest BCUT2D eigenvalue weighted by Crippen LogP contribution is -2.15. The van der Waals surface area contributed by atoms with Gasteiger partial charge in [-0.25, -0.2) is 9.50 Å². The summed E-state index contributed by atoms with van der Waals surface area (Å²) in [6, 6.07) is 9.50. The van der Waals surface area contributed by atoms with Gasteiger partial charge in [-0.2, -0.15) is 9.94 Å². The number of hydrogen-bond donors (Lipinski definition) is 1. The van der Waals surface area contributed by atoms with Crippen molar-refractivity contribution in [1.82, 2.24) is 34.8 Å². The topological polar surface area (TPSA) is 118 Å². The van der Waals surface area contributed by atoms with E-state index in [1.54, 1.807) is 4.68 Å². The Morgan fingerprint density at radius 2 is 2.15 bits per heavy atom. The molecule has 4 aromatic rings. The number of aromatic amines is 1. The third kappa shape index (κ3) is 3.09. The first-order chi connectivity index (χ1) is 13.1. The first kappa shape index (κ1) is 17.0. The molecule has 1 N–H and O–H groups in total. The molecule has 10 heteroatoms. The molecular weight excluding hydrogens is 364 g/mol. The van der Waals surface area contributed by atoms with Crippen molar-refractivity contribution in [2.24, 2.45) is 0 Å². The summed E-state index contributed by atoms with van der Waals surface area (Å²) in [5, 5.41) is 24.4. The molecule has 3 heterocycles. The summed E-state index contributed by atoms with van der Waals surface area (Å²) in [5.74, 6) is 0.396. The van der Waals surface area contributed by atoms with E-state index in [0.717, 1.165) is 16.8 Å². The molecule has 0 atom stereocenters. The lowest BCUT2D eigenvalue weighted by atomic mass is 10.1. The molecule has 0 spiro atoms. The Bertz CT molecular complexity index is 1250. The number of nitriles is 1. The minimum Gasteiger partial charge on any atom is -0.295 e. The van der Waals surface area contributed by atoms with Gasteiger partial charge in [-0.05, 0) is 35.9 Å². The van der Waals surface area contributed by atoms with Crippen LogP contribution < -0.4 is 5.56 Å². The zero-order chi connectivity index (χ0) is 19.0. The summed E-state index contributed by atoms with van der Waals surface area (Å²) in [6.45, 7) is 4.03. The quantitative estimate of drug-likeness (QED) is 0.538. The van der Waals surface area contributed by atoms with Crippen molar-refractivity contribution >= 4 is 17.4 Å². The lowest BCUT2D eigenvalue weighted by molar-refractivity contribution is 0.751. The number of nitrogens with zero attached hydrogens (tertiary/aromatic N) is 7. The number of thioether (sulfide) groups is 1. The highest BCUT2D eigenvalue weighted by molar-refractivity contribution is 7.98. The van der Waals surface area contributed by atoms with E-state index in [0.29, 0.717) is 27.8 Å². The summed E-state index contributed by atoms with van der Waals surface area (Å²) in [7, 11) is 0. The largest absolute Gasteiger partial charge is 0.295 e. The van der Waals surface area contributed by atoms with Crippen molar-refractivity contribution in [3.05, 3.63) is 63.2 Å². The highest BCUT2D eigenvalue weighted by Crippen LogP contribution is 2.23. The molecule has 3 aromatic heterocycles. The maximum atomic E-state index is 12.2. The number of hydrogen-bond acceptors (Lipinski definition) is 7. The number of nitrogens with one attached hydrogen (secondary N) is 1. The second-order valence-corrected chi connectivity index (χ2v) is 6.94. The van der Waals surface area contributed by atoms with E-state index in [-0.39, 0.29) is 5.56 Å². The minimum atomic E-state index is -0.272. The van der Waals surface area contributed by atoms with Gasteiger partial charge in [0.1, 0.15) is 11.6 Å². The molecule has 4 rings (SSSR count). The lowest BCUT2D eigenvalue weighted by Gasteiger charge is -2.08. The summed E-state index contributed by atoms with van der Waals surface area (Å²) in [5.41, 5.74) is 4.04. The average Bonchev–Trinajstić information content (AvgIpc) is 3.26. The van der Waals surface area contributed by atoms with Crippen LogP contribution in [0.15, 0.2) is 40.4 Å². The number of fused-ring (bicyclic) bond motifs is 1. The summed E-state index contributed by atoms with van der Waals surface area (Å²) >= 11 is 1.37. The van der Waals surface area contributed by atoms with Crippen LogP contribution in [0.25, 0.3) is 11.3 Å². The Balaban J connectivity index is 1.64. The average molecular weight is 378 g/mol. The van der Waals surface area contributed by atoms with E-state index in [4.69, 9.17) is 5.26 Å². The van der Waals surface area contributed by atoms with E-state index < -0.39 is 0 Å². The molecule has 0 fully saturated rings. The number of H-pyrrole nitrogens is 1. The summed E-state index contributed by atoms with van der Waals surface area (Å²) < 4.78 is 2.91. The van der Waals surface area contributed by atoms with E-state index in [1.807, 2.05) is 32.0 Å². The van der Waals surface area contributed by atoms with Crippen molar-refractivity contribution in [2.45, 2.75) is 24.8 Å². The van der Waals surface area contributed by atoms with Gasteiger partial charge < -0.3 is 0 Å². The van der Waals surface area contributed by atoms with Crippen LogP contribution in [-0.2, 0) is 5.75 Å². The van der Waals surface area contributed by atoms with Gasteiger partial charge in [0, 0.05) is 18.0 Å². The predicted octanol–water partition coefficient (Wildman–Crippen LogP) is 1.78. The van der Waals surface area contributed by atoms with Gasteiger partial charge in [-0.3, -0.25) is 9.89 Å². The van der Waals surface area contributed by atoms with Gasteiger partial charge in [0.25, 0.3) is 5.56 Å². The fourth-order valence-corrected chi connectivity index (χ4v) is 3.56. The van der Waals surface area contributed by atoms with Gasteiger partial charge in [-0.15, -0.1) is 5.10 Å². The van der Waals surface area contributed by atoms with Crippen LogP contribution in [-0.4, -0.2) is 34.8 Å². The van der Waals surface area contributed by atoms with Crippen molar-refractivity contribution in [3.8, 4) is 11.8 Å². The molecule has 0 aliphatic heterocycles. The van der Waals surface area contributed by atoms with Crippen molar-refractivity contribution in [1.29, 1.82) is 5.26 Å². The Morgan fingerprint density at radius 3 is 2.93 bits per heavy atom. The van der Waals surface area contributed by atoms with Gasteiger partial charge >= 0.3 is 0 Å². The van der Waals surface area contributed by atoms with Crippen LogP contribution in [0.3, 0.4) is 0 Å². The second kappa shape index (κ2) is 6.69. The zero-order valence-corrected chi connectivity index (χ0v) is 15.4. The molecule has 0 saturated heterocycles. The highest BCUT2D eigenvalue weighted by atomic mass is 32.2. The molecule has 0 unspecified atom stereocenters. The van der Waals surface area contributed by atoms with Crippen LogP contribution in [0.5, 0.6) is 0 Å². The van der Waals surface area contributed by atoms with Crippen molar-refractivity contribution in [3.63, 3.8) is 0 Å². The van der Waals surface area contributed by atoms with Crippen LogP contribution in [0, 0.1) is 25.2 Å². The SMILES string of the molecule is Cc1ccc(-n2nnnc2SCc2cc(=O)n3[nH]cc(C#N)c3n2)c(C)c1. The van der Waals surface area contributed by atoms with Crippen molar-refractivity contribution in [2.75, 3.05) is 0 Å². The molecule has 27 heavy (non-hydrogen) atoms. The third-order valence-electron chi connectivity index (χ3n) is 4.04. The highest BCUT2D eigenvalue weighted by Gasteiger charge is 2.13. The Labute approximate surface area is 157 Å². The van der Waals surface area contributed by atoms with E-state index in [1.165, 1.54) is 28.5 Å². The fourth-order valence-electron chi connectivity index (χ4n) is 2.79. The van der Waals surface area contributed by atoms with Gasteiger partial charge in [0.2, 0.25) is 5.16 Å². The zero-order valence-electron chi connectivity index (χ0n) is 14.5. The standard InChI is InChI=1S/C17H14N8OS/c1-10-3-4-14(11(2)5-10)24-17(21-22-23-24)27-9-13-6-15(26)25-16(20-13)12(7-18)8-19-25/h3-6,8,19H,9H2,1-2H3. The molecule has 0 radical (unpaired) electrons. The number of aromatic nitrogens is 7. The molecule has 0 aliphatic carbocycles. The second-order valence-electron chi connectivity index (χ2n) is 6.00. The molecule has 0 bridgehead atoms. The molecular formula is C17H14N8OS. The normalized spacial score (nSPS) is 11.0. The van der Waals surface area contributed by atoms with Crippen LogP contribution in [0.4, 0.5) is 0 Å². The smallest absolute Gasteiger partial charge is 0.272 e. The van der Waals surface area contributed by atoms with Gasteiger partial charge in [0.15, 0.2) is 5.65 Å². The Kier molecular flexibility index (Phi) is 4.21. The monoisotopic (exact) mass is 378 g/mol. The van der Waals surface area contributed by atoms with E-state index in [2.05, 4.69) is 31.7 Å². The van der Waals surface area contributed by atoms with E-state index >= 15 is 0 Å². The number of benzene rings is 1. The molecule has 134 valence electrons. The maximum absolute atomic E-state index is 12.2. The molecule has 0 saturated carbocycles. The predicted molar refractivity (Wildman–Crippen MR) is 98.7 cm³/mol. The fraction of sp³-hybridized carbons (Fsp3) is 0.176. The number of tetrazole rings is 1.